The predicted octanol–water partition coefficient (Wildman–Crippen LogP) is 0.247. The molecular weight excluding hydrogens is 442 g/mol. The Balaban J connectivity index is 2.51. The minimum atomic E-state index is -1.47. The number of carbonyl (C=O) groups is 5. The zero-order valence-corrected chi connectivity index (χ0v) is 18.5. The zero-order chi connectivity index (χ0) is 24.7. The van der Waals surface area contributed by atoms with Crippen molar-refractivity contribution in [3.05, 3.63) is 29.8 Å². The first kappa shape index (κ1) is 25.6. The van der Waals surface area contributed by atoms with E-state index in [0.717, 1.165) is 27.7 Å². The predicted molar refractivity (Wildman–Crippen MR) is 108 cm³/mol. The molecule has 2 rings (SSSR count). The van der Waals surface area contributed by atoms with Gasteiger partial charge in [-0.3, -0.25) is 24.0 Å². The summed E-state index contributed by atoms with van der Waals surface area (Å²) >= 11 is 0. The lowest BCUT2D eigenvalue weighted by Gasteiger charge is -2.44. The van der Waals surface area contributed by atoms with Crippen LogP contribution in [0.2, 0.25) is 0 Å². The highest BCUT2D eigenvalue weighted by Gasteiger charge is 2.53. The van der Waals surface area contributed by atoms with Crippen molar-refractivity contribution in [2.24, 2.45) is 5.73 Å². The molecule has 1 aromatic carbocycles. The average molecular weight is 467 g/mol. The molecule has 1 heterocycles. The van der Waals surface area contributed by atoms with Gasteiger partial charge in [-0.15, -0.1) is 0 Å². The summed E-state index contributed by atoms with van der Waals surface area (Å²) in [6.07, 6.45) is -6.78. The number of hydrogen-bond donors (Lipinski definition) is 1. The Bertz CT molecular complexity index is 915. The third-order valence-electron chi connectivity index (χ3n) is 4.34. The topological polar surface area (TPSA) is 167 Å². The van der Waals surface area contributed by atoms with Crippen LogP contribution >= 0.6 is 0 Å². The summed E-state index contributed by atoms with van der Waals surface area (Å²) in [6, 6.07) is 5.95. The number of primary amides is 1. The van der Waals surface area contributed by atoms with Crippen LogP contribution in [-0.4, -0.2) is 67.1 Å². The number of amides is 1. The van der Waals surface area contributed by atoms with Crippen LogP contribution in [0.4, 0.5) is 0 Å². The molecule has 5 atom stereocenters. The Labute approximate surface area is 189 Å². The smallest absolute Gasteiger partial charge is 0.303 e. The molecule has 1 fully saturated rings. The fraction of sp³-hybridized carbons (Fsp3) is 0.476. The van der Waals surface area contributed by atoms with Crippen molar-refractivity contribution in [3.8, 4) is 5.75 Å². The van der Waals surface area contributed by atoms with Gasteiger partial charge in [0.2, 0.25) is 12.4 Å². The molecular formula is C21H25NO11. The standard InChI is InChI=1S/C21H25NO11/c1-10(23)28-9-16-17(29-11(2)24)18(30-12(3)25)19(31-13(4)26)21(33-16)32-15-8-6-5-7-14(15)20(22)27/h5-8,16-19,21H,9H2,1-4H3,(H2,22,27). The highest BCUT2D eigenvalue weighted by Crippen LogP contribution is 2.31. The van der Waals surface area contributed by atoms with Gasteiger partial charge in [0.25, 0.3) is 5.91 Å². The molecule has 12 heteroatoms. The third kappa shape index (κ3) is 7.17. The molecule has 180 valence electrons. The quantitative estimate of drug-likeness (QED) is 0.411. The lowest BCUT2D eigenvalue weighted by Crippen LogP contribution is -2.63. The molecule has 1 aliphatic rings. The number of esters is 4. The largest absolute Gasteiger partial charge is 0.463 e. The molecule has 0 radical (unpaired) electrons. The second kappa shape index (κ2) is 11.3. The maximum atomic E-state index is 11.8. The Morgan fingerprint density at radius 1 is 0.818 bits per heavy atom. The van der Waals surface area contributed by atoms with Gasteiger partial charge in [-0.25, -0.2) is 0 Å². The van der Waals surface area contributed by atoms with Crippen LogP contribution < -0.4 is 10.5 Å². The SMILES string of the molecule is CC(=O)OCC1OC(Oc2ccccc2C(N)=O)C(OC(C)=O)C(OC(C)=O)C1OC(C)=O. The molecule has 12 nitrogen and oxygen atoms in total. The Kier molecular flexibility index (Phi) is 8.74. The average Bonchev–Trinajstić information content (AvgIpc) is 2.70. The van der Waals surface area contributed by atoms with Crippen LogP contribution in [0.15, 0.2) is 24.3 Å². The summed E-state index contributed by atoms with van der Waals surface area (Å²) in [6.45, 7) is 4.07. The normalized spacial score (nSPS) is 24.2. The first-order valence-electron chi connectivity index (χ1n) is 9.85. The van der Waals surface area contributed by atoms with Crippen LogP contribution in [0.1, 0.15) is 38.1 Å². The fourth-order valence-electron chi connectivity index (χ4n) is 3.18. The first-order valence-corrected chi connectivity index (χ1v) is 9.85. The summed E-state index contributed by atoms with van der Waals surface area (Å²) in [5.41, 5.74) is 5.39. The van der Waals surface area contributed by atoms with Gasteiger partial charge in [-0.1, -0.05) is 12.1 Å². The Morgan fingerprint density at radius 2 is 1.36 bits per heavy atom. The van der Waals surface area contributed by atoms with E-state index in [0.29, 0.717) is 0 Å². The lowest BCUT2D eigenvalue weighted by atomic mass is 9.98. The molecule has 0 saturated carbocycles. The van der Waals surface area contributed by atoms with Gasteiger partial charge in [0.05, 0.1) is 5.56 Å². The molecule has 1 aromatic rings. The van der Waals surface area contributed by atoms with Crippen molar-refractivity contribution in [2.45, 2.75) is 58.4 Å². The molecule has 0 aliphatic carbocycles. The molecule has 1 amide bonds. The van der Waals surface area contributed by atoms with Gasteiger partial charge in [0.1, 0.15) is 18.5 Å². The summed E-state index contributed by atoms with van der Waals surface area (Å²) in [5, 5.41) is 0. The second-order valence-corrected chi connectivity index (χ2v) is 7.05. The maximum absolute atomic E-state index is 11.8. The van der Waals surface area contributed by atoms with E-state index in [1.807, 2.05) is 0 Å². The minimum Gasteiger partial charge on any atom is -0.463 e. The number of rotatable bonds is 8. The van der Waals surface area contributed by atoms with Gasteiger partial charge in [-0.05, 0) is 12.1 Å². The van der Waals surface area contributed by atoms with E-state index < -0.39 is 67.1 Å². The summed E-state index contributed by atoms with van der Waals surface area (Å²) in [4.78, 5) is 58.5. The number of para-hydroxylation sites is 1. The van der Waals surface area contributed by atoms with E-state index in [2.05, 4.69) is 0 Å². The summed E-state index contributed by atoms with van der Waals surface area (Å²) in [5.74, 6) is -3.77. The lowest BCUT2D eigenvalue weighted by molar-refractivity contribution is -0.288. The Hall–Kier alpha value is -3.67. The van der Waals surface area contributed by atoms with E-state index in [4.69, 9.17) is 34.2 Å². The number of ether oxygens (including phenoxy) is 6. The van der Waals surface area contributed by atoms with Crippen molar-refractivity contribution in [3.63, 3.8) is 0 Å². The molecule has 0 spiro atoms. The second-order valence-electron chi connectivity index (χ2n) is 7.05. The van der Waals surface area contributed by atoms with Crippen molar-refractivity contribution in [1.82, 2.24) is 0 Å². The minimum absolute atomic E-state index is 0.00496. The van der Waals surface area contributed by atoms with Crippen LogP contribution in [0.25, 0.3) is 0 Å². The van der Waals surface area contributed by atoms with E-state index >= 15 is 0 Å². The molecule has 33 heavy (non-hydrogen) atoms. The van der Waals surface area contributed by atoms with Crippen molar-refractivity contribution in [1.29, 1.82) is 0 Å². The van der Waals surface area contributed by atoms with E-state index in [9.17, 15) is 24.0 Å². The number of nitrogens with two attached hydrogens (primary N) is 1. The van der Waals surface area contributed by atoms with Crippen molar-refractivity contribution < 1.29 is 52.4 Å². The van der Waals surface area contributed by atoms with Crippen LogP contribution in [0.3, 0.4) is 0 Å². The zero-order valence-electron chi connectivity index (χ0n) is 18.5. The molecule has 2 N–H and O–H groups in total. The van der Waals surface area contributed by atoms with Gasteiger partial charge in [0, 0.05) is 27.7 Å². The molecule has 0 aromatic heterocycles. The highest BCUT2D eigenvalue weighted by atomic mass is 16.7. The van der Waals surface area contributed by atoms with Crippen molar-refractivity contribution in [2.75, 3.05) is 6.61 Å². The van der Waals surface area contributed by atoms with Crippen LogP contribution in [0, 0.1) is 0 Å². The fourth-order valence-corrected chi connectivity index (χ4v) is 3.18. The molecule has 1 aliphatic heterocycles. The van der Waals surface area contributed by atoms with Crippen LogP contribution in [0.5, 0.6) is 5.75 Å². The molecule has 0 bridgehead atoms. The van der Waals surface area contributed by atoms with Gasteiger partial charge in [0.15, 0.2) is 12.2 Å². The van der Waals surface area contributed by atoms with Gasteiger partial charge in [-0.2, -0.15) is 0 Å². The van der Waals surface area contributed by atoms with Crippen molar-refractivity contribution >= 4 is 29.8 Å². The van der Waals surface area contributed by atoms with Gasteiger partial charge >= 0.3 is 23.9 Å². The Morgan fingerprint density at radius 3 is 1.91 bits per heavy atom. The number of benzene rings is 1. The first-order chi connectivity index (χ1) is 15.5. The maximum Gasteiger partial charge on any atom is 0.303 e. The number of hydrogen-bond acceptors (Lipinski definition) is 11. The molecule has 5 unspecified atom stereocenters. The summed E-state index contributed by atoms with van der Waals surface area (Å²) < 4.78 is 32.5. The number of carbonyl (C=O) groups excluding carboxylic acids is 5. The van der Waals surface area contributed by atoms with Crippen LogP contribution in [-0.2, 0) is 42.9 Å². The molecule has 1 saturated heterocycles. The van der Waals surface area contributed by atoms with E-state index in [-0.39, 0.29) is 11.3 Å². The van der Waals surface area contributed by atoms with Gasteiger partial charge < -0.3 is 34.2 Å². The van der Waals surface area contributed by atoms with E-state index in [1.54, 1.807) is 12.1 Å². The monoisotopic (exact) mass is 467 g/mol. The highest BCUT2D eigenvalue weighted by molar-refractivity contribution is 5.95. The summed E-state index contributed by atoms with van der Waals surface area (Å²) in [7, 11) is 0. The third-order valence-corrected chi connectivity index (χ3v) is 4.34. The van der Waals surface area contributed by atoms with E-state index in [1.165, 1.54) is 12.1 Å².